The molecular weight excluding hydrogens is 338 g/mol. The first kappa shape index (κ1) is 18.1. The third kappa shape index (κ3) is 3.57. The Labute approximate surface area is 167 Å². The van der Waals surface area contributed by atoms with Crippen LogP contribution in [0.15, 0.2) is 97.1 Å². The largest absolute Gasteiger partial charge is 0.344 e. The summed E-state index contributed by atoms with van der Waals surface area (Å²) in [6, 6.07) is 34.5. The molecule has 0 radical (unpaired) electrons. The first-order valence-electron chi connectivity index (χ1n) is 9.69. The lowest BCUT2D eigenvalue weighted by atomic mass is 9.98. The molecular formula is C27H25N. The predicted molar refractivity (Wildman–Crippen MR) is 121 cm³/mol. The van der Waals surface area contributed by atoms with Crippen LogP contribution in [0.2, 0.25) is 0 Å². The van der Waals surface area contributed by atoms with Crippen molar-refractivity contribution in [1.82, 2.24) is 0 Å². The van der Waals surface area contributed by atoms with E-state index in [2.05, 4.69) is 123 Å². The van der Waals surface area contributed by atoms with Gasteiger partial charge in [-0.25, -0.2) is 0 Å². The minimum atomic E-state index is 1.19. The molecule has 0 fully saturated rings. The Morgan fingerprint density at radius 3 is 2.00 bits per heavy atom. The van der Waals surface area contributed by atoms with Gasteiger partial charge >= 0.3 is 0 Å². The van der Waals surface area contributed by atoms with Gasteiger partial charge in [-0.05, 0) is 71.5 Å². The molecule has 0 aromatic heterocycles. The lowest BCUT2D eigenvalue weighted by molar-refractivity contribution is 1.19. The summed E-state index contributed by atoms with van der Waals surface area (Å²) in [4.78, 5) is 2.27. The lowest BCUT2D eigenvalue weighted by Gasteiger charge is -2.23. The molecule has 4 rings (SSSR count). The molecule has 0 bridgehead atoms. The monoisotopic (exact) mass is 363 g/mol. The SMILES string of the molecule is Cc1ccccc1-c1ccc(N(C)c2cccc(-c3ccccc3)c2)c(C)c1. The van der Waals surface area contributed by atoms with Crippen LogP contribution in [-0.4, -0.2) is 7.05 Å². The first-order chi connectivity index (χ1) is 13.6. The lowest BCUT2D eigenvalue weighted by Crippen LogP contribution is -2.11. The van der Waals surface area contributed by atoms with E-state index in [4.69, 9.17) is 0 Å². The molecule has 4 aromatic carbocycles. The molecule has 0 unspecified atom stereocenters. The minimum absolute atomic E-state index is 1.19. The fourth-order valence-electron chi connectivity index (χ4n) is 3.76. The Hall–Kier alpha value is -3.32. The standard InChI is InChI=1S/C27H25N/c1-20-10-7-8-15-26(20)24-16-17-27(21(2)18-24)28(3)25-14-9-13-23(19-25)22-11-5-4-6-12-22/h4-19H,1-3H3. The van der Waals surface area contributed by atoms with Crippen molar-refractivity contribution in [3.05, 3.63) is 108 Å². The Balaban J connectivity index is 1.67. The van der Waals surface area contributed by atoms with E-state index in [0.29, 0.717) is 0 Å². The van der Waals surface area contributed by atoms with Crippen molar-refractivity contribution >= 4 is 11.4 Å². The maximum atomic E-state index is 2.29. The highest BCUT2D eigenvalue weighted by Gasteiger charge is 2.10. The van der Waals surface area contributed by atoms with Crippen LogP contribution >= 0.6 is 0 Å². The highest BCUT2D eigenvalue weighted by Crippen LogP contribution is 2.33. The van der Waals surface area contributed by atoms with E-state index in [0.717, 1.165) is 0 Å². The summed E-state index contributed by atoms with van der Waals surface area (Å²) in [5.41, 5.74) is 10.0. The summed E-state index contributed by atoms with van der Waals surface area (Å²) >= 11 is 0. The zero-order chi connectivity index (χ0) is 19.5. The molecule has 0 heterocycles. The maximum absolute atomic E-state index is 2.29. The van der Waals surface area contributed by atoms with Crippen molar-refractivity contribution in [1.29, 1.82) is 0 Å². The van der Waals surface area contributed by atoms with Gasteiger partial charge in [0.25, 0.3) is 0 Å². The Morgan fingerprint density at radius 1 is 0.536 bits per heavy atom. The molecule has 0 saturated carbocycles. The van der Waals surface area contributed by atoms with Crippen molar-refractivity contribution in [2.75, 3.05) is 11.9 Å². The van der Waals surface area contributed by atoms with Gasteiger partial charge < -0.3 is 4.90 Å². The second-order valence-electron chi connectivity index (χ2n) is 7.29. The molecule has 0 aliphatic heterocycles. The highest BCUT2D eigenvalue weighted by atomic mass is 15.1. The summed E-state index contributed by atoms with van der Waals surface area (Å²) in [5.74, 6) is 0. The molecule has 0 amide bonds. The van der Waals surface area contributed by atoms with Gasteiger partial charge in [-0.2, -0.15) is 0 Å². The number of benzene rings is 4. The van der Waals surface area contributed by atoms with Crippen LogP contribution in [-0.2, 0) is 0 Å². The second-order valence-corrected chi connectivity index (χ2v) is 7.29. The molecule has 0 atom stereocenters. The van der Waals surface area contributed by atoms with E-state index in [9.17, 15) is 0 Å². The average molecular weight is 364 g/mol. The molecule has 1 nitrogen and oxygen atoms in total. The quantitative estimate of drug-likeness (QED) is 0.365. The zero-order valence-corrected chi connectivity index (χ0v) is 16.7. The van der Waals surface area contributed by atoms with E-state index in [-0.39, 0.29) is 0 Å². The Morgan fingerprint density at radius 2 is 1.25 bits per heavy atom. The van der Waals surface area contributed by atoms with Crippen molar-refractivity contribution < 1.29 is 0 Å². The number of hydrogen-bond acceptors (Lipinski definition) is 1. The van der Waals surface area contributed by atoms with Gasteiger partial charge in [0, 0.05) is 18.4 Å². The molecule has 0 aliphatic rings. The number of rotatable bonds is 4. The van der Waals surface area contributed by atoms with Crippen molar-refractivity contribution in [3.8, 4) is 22.3 Å². The summed E-state index contributed by atoms with van der Waals surface area (Å²) in [6.45, 7) is 4.36. The summed E-state index contributed by atoms with van der Waals surface area (Å²) in [6.07, 6.45) is 0. The van der Waals surface area contributed by atoms with Crippen LogP contribution in [0, 0.1) is 13.8 Å². The van der Waals surface area contributed by atoms with Gasteiger partial charge in [0.05, 0.1) is 0 Å². The van der Waals surface area contributed by atoms with Crippen LogP contribution < -0.4 is 4.90 Å². The third-order valence-corrected chi connectivity index (χ3v) is 5.35. The Bertz CT molecular complexity index is 1100. The highest BCUT2D eigenvalue weighted by molar-refractivity contribution is 5.76. The summed E-state index contributed by atoms with van der Waals surface area (Å²) in [7, 11) is 2.14. The Kier molecular flexibility index (Phi) is 4.99. The fourth-order valence-corrected chi connectivity index (χ4v) is 3.76. The van der Waals surface area contributed by atoms with Gasteiger partial charge in [0.1, 0.15) is 0 Å². The van der Waals surface area contributed by atoms with Gasteiger partial charge in [-0.3, -0.25) is 0 Å². The average Bonchev–Trinajstić information content (AvgIpc) is 2.74. The van der Waals surface area contributed by atoms with Gasteiger partial charge in [0.15, 0.2) is 0 Å². The third-order valence-electron chi connectivity index (χ3n) is 5.35. The van der Waals surface area contributed by atoms with E-state index in [1.54, 1.807) is 0 Å². The van der Waals surface area contributed by atoms with Crippen LogP contribution in [0.25, 0.3) is 22.3 Å². The van der Waals surface area contributed by atoms with Crippen LogP contribution in [0.1, 0.15) is 11.1 Å². The topological polar surface area (TPSA) is 3.24 Å². The van der Waals surface area contributed by atoms with Crippen LogP contribution in [0.3, 0.4) is 0 Å². The van der Waals surface area contributed by atoms with E-state index in [1.807, 2.05) is 0 Å². The summed E-state index contributed by atoms with van der Waals surface area (Å²) in [5, 5.41) is 0. The number of anilines is 2. The fraction of sp³-hybridized carbons (Fsp3) is 0.111. The molecule has 0 aliphatic carbocycles. The molecule has 0 saturated heterocycles. The smallest absolute Gasteiger partial charge is 0.0438 e. The van der Waals surface area contributed by atoms with Gasteiger partial charge in [0.2, 0.25) is 0 Å². The van der Waals surface area contributed by atoms with Crippen molar-refractivity contribution in [3.63, 3.8) is 0 Å². The number of aryl methyl sites for hydroxylation is 2. The van der Waals surface area contributed by atoms with Gasteiger partial charge in [-0.1, -0.05) is 72.8 Å². The van der Waals surface area contributed by atoms with Crippen molar-refractivity contribution in [2.24, 2.45) is 0 Å². The van der Waals surface area contributed by atoms with Gasteiger partial charge in [-0.15, -0.1) is 0 Å². The minimum Gasteiger partial charge on any atom is -0.344 e. The van der Waals surface area contributed by atoms with Crippen LogP contribution in [0.4, 0.5) is 11.4 Å². The predicted octanol–water partition coefficient (Wildman–Crippen LogP) is 7.41. The molecule has 138 valence electrons. The molecule has 4 aromatic rings. The molecule has 0 N–H and O–H groups in total. The summed E-state index contributed by atoms with van der Waals surface area (Å²) < 4.78 is 0. The molecule has 1 heteroatoms. The van der Waals surface area contributed by atoms with E-state index in [1.165, 1.54) is 44.8 Å². The van der Waals surface area contributed by atoms with E-state index < -0.39 is 0 Å². The van der Waals surface area contributed by atoms with Crippen LogP contribution in [0.5, 0.6) is 0 Å². The second kappa shape index (κ2) is 7.74. The zero-order valence-electron chi connectivity index (χ0n) is 16.7. The number of hydrogen-bond donors (Lipinski definition) is 0. The van der Waals surface area contributed by atoms with Crippen molar-refractivity contribution in [2.45, 2.75) is 13.8 Å². The normalized spacial score (nSPS) is 10.7. The number of nitrogens with zero attached hydrogens (tertiary/aromatic N) is 1. The maximum Gasteiger partial charge on any atom is 0.0438 e. The first-order valence-corrected chi connectivity index (χ1v) is 9.69. The molecule has 28 heavy (non-hydrogen) atoms. The molecule has 0 spiro atoms. The van der Waals surface area contributed by atoms with E-state index >= 15 is 0 Å².